The lowest BCUT2D eigenvalue weighted by Gasteiger charge is -2.18. The van der Waals surface area contributed by atoms with Crippen LogP contribution >= 0.6 is 11.8 Å². The average Bonchev–Trinajstić information content (AvgIpc) is 3.33. The van der Waals surface area contributed by atoms with Crippen LogP contribution in [0.4, 0.5) is 0 Å². The Balaban J connectivity index is 1.45. The third kappa shape index (κ3) is 4.22. The van der Waals surface area contributed by atoms with Crippen LogP contribution in [0, 0.1) is 0 Å². The number of hydrogen-bond acceptors (Lipinski definition) is 4. The van der Waals surface area contributed by atoms with Crippen molar-refractivity contribution in [3.63, 3.8) is 0 Å². The minimum absolute atomic E-state index is 0.00494. The first kappa shape index (κ1) is 18.6. The molecule has 144 valence electrons. The lowest BCUT2D eigenvalue weighted by Crippen LogP contribution is -2.25. The minimum Gasteiger partial charge on any atom is -0.497 e. The summed E-state index contributed by atoms with van der Waals surface area (Å²) >= 11 is 1.76. The van der Waals surface area contributed by atoms with E-state index in [1.807, 2.05) is 48.7 Å². The maximum absolute atomic E-state index is 12.7. The molecule has 1 aliphatic rings. The summed E-state index contributed by atoms with van der Waals surface area (Å²) in [6, 6.07) is 18.1. The third-order valence-corrected chi connectivity index (χ3v) is 5.90. The highest BCUT2D eigenvalue weighted by Crippen LogP contribution is 2.29. The van der Waals surface area contributed by atoms with Crippen LogP contribution in [0.5, 0.6) is 5.75 Å². The van der Waals surface area contributed by atoms with Gasteiger partial charge in [0.1, 0.15) is 5.75 Å². The fourth-order valence-electron chi connectivity index (χ4n) is 3.44. The van der Waals surface area contributed by atoms with Crippen molar-refractivity contribution in [2.75, 3.05) is 12.9 Å². The minimum atomic E-state index is -0.00494. The number of amides is 1. The molecule has 1 amide bonds. The predicted molar refractivity (Wildman–Crippen MR) is 111 cm³/mol. The highest BCUT2D eigenvalue weighted by atomic mass is 32.2. The number of fused-ring (bicyclic) bond motifs is 1. The average molecular weight is 394 g/mol. The maximum atomic E-state index is 12.7. The smallest absolute Gasteiger partial charge is 0.221 e. The summed E-state index contributed by atoms with van der Waals surface area (Å²) in [5.41, 5.74) is 3.14. The number of carbonyl (C=O) groups is 1. The topological polar surface area (TPSA) is 56.1 Å². The molecule has 0 bridgehead atoms. The van der Waals surface area contributed by atoms with Crippen molar-refractivity contribution >= 4 is 17.7 Å². The quantitative estimate of drug-likeness (QED) is 0.663. The highest BCUT2D eigenvalue weighted by Gasteiger charge is 2.19. The fraction of sp³-hybridized carbons (Fsp3) is 0.273. The number of ether oxygens (including phenoxy) is 1. The van der Waals surface area contributed by atoms with Crippen molar-refractivity contribution in [3.8, 4) is 5.75 Å². The fourth-order valence-corrected chi connectivity index (χ4v) is 4.41. The second-order valence-electron chi connectivity index (χ2n) is 6.77. The largest absolute Gasteiger partial charge is 0.497 e. The number of rotatable bonds is 7. The Kier molecular flexibility index (Phi) is 5.67. The summed E-state index contributed by atoms with van der Waals surface area (Å²) in [4.78, 5) is 17.3. The van der Waals surface area contributed by atoms with E-state index in [9.17, 15) is 4.79 Å². The maximum Gasteiger partial charge on any atom is 0.221 e. The first-order valence-electron chi connectivity index (χ1n) is 9.37. The Morgan fingerprint density at radius 1 is 1.18 bits per heavy atom. The van der Waals surface area contributed by atoms with Crippen molar-refractivity contribution in [2.45, 2.75) is 30.6 Å². The Morgan fingerprint density at radius 3 is 2.64 bits per heavy atom. The number of thioether (sulfide) groups is 1. The van der Waals surface area contributed by atoms with Crippen LogP contribution in [0.1, 0.15) is 29.2 Å². The van der Waals surface area contributed by atoms with Crippen molar-refractivity contribution in [1.82, 2.24) is 14.9 Å². The first-order valence-corrected chi connectivity index (χ1v) is 10.4. The van der Waals surface area contributed by atoms with Crippen LogP contribution in [0.3, 0.4) is 0 Å². The van der Waals surface area contributed by atoms with E-state index >= 15 is 0 Å². The van der Waals surface area contributed by atoms with Gasteiger partial charge in [0, 0.05) is 30.8 Å². The summed E-state index contributed by atoms with van der Waals surface area (Å²) in [6.45, 7) is 1.46. The molecular formula is C22H23N3O2S. The molecule has 1 aromatic heterocycles. The van der Waals surface area contributed by atoms with Crippen molar-refractivity contribution in [1.29, 1.82) is 0 Å². The van der Waals surface area contributed by atoms with Crippen LogP contribution in [0.2, 0.25) is 0 Å². The van der Waals surface area contributed by atoms with E-state index in [1.54, 1.807) is 18.9 Å². The van der Waals surface area contributed by atoms with E-state index in [-0.39, 0.29) is 11.8 Å². The van der Waals surface area contributed by atoms with E-state index in [4.69, 9.17) is 4.74 Å². The molecule has 6 heteroatoms. The van der Waals surface area contributed by atoms with Gasteiger partial charge in [-0.25, -0.2) is 4.98 Å². The summed E-state index contributed by atoms with van der Waals surface area (Å²) in [6.07, 6.45) is 2.42. The molecule has 1 aliphatic heterocycles. The molecule has 0 saturated heterocycles. The van der Waals surface area contributed by atoms with Gasteiger partial charge in [0.05, 0.1) is 19.3 Å². The molecule has 4 rings (SSSR count). The molecule has 0 radical (unpaired) electrons. The zero-order valence-corrected chi connectivity index (χ0v) is 16.6. The van der Waals surface area contributed by atoms with Gasteiger partial charge in [0.25, 0.3) is 0 Å². The lowest BCUT2D eigenvalue weighted by atomic mass is 9.88. The monoisotopic (exact) mass is 393 g/mol. The Hall–Kier alpha value is -2.73. The summed E-state index contributed by atoms with van der Waals surface area (Å²) in [5.74, 6) is 1.90. The summed E-state index contributed by atoms with van der Waals surface area (Å²) in [7, 11) is 1.65. The molecule has 28 heavy (non-hydrogen) atoms. The third-order valence-electron chi connectivity index (χ3n) is 4.93. The number of nitrogens with one attached hydrogen (secondary N) is 1. The molecule has 0 spiro atoms. The molecule has 2 aromatic carbocycles. The summed E-state index contributed by atoms with van der Waals surface area (Å²) < 4.78 is 7.41. The zero-order valence-electron chi connectivity index (χ0n) is 15.8. The van der Waals surface area contributed by atoms with E-state index in [1.165, 1.54) is 0 Å². The Morgan fingerprint density at radius 2 is 1.93 bits per heavy atom. The van der Waals surface area contributed by atoms with E-state index < -0.39 is 0 Å². The molecular weight excluding hydrogens is 370 g/mol. The Labute approximate surface area is 169 Å². The first-order chi connectivity index (χ1) is 13.7. The lowest BCUT2D eigenvalue weighted by molar-refractivity contribution is -0.121. The van der Waals surface area contributed by atoms with E-state index in [2.05, 4.69) is 27.0 Å². The molecule has 3 aromatic rings. The van der Waals surface area contributed by atoms with Gasteiger partial charge in [-0.05, 0) is 23.3 Å². The molecule has 0 saturated carbocycles. The van der Waals surface area contributed by atoms with Gasteiger partial charge in [-0.15, -0.1) is 0 Å². The van der Waals surface area contributed by atoms with E-state index in [0.717, 1.165) is 40.0 Å². The number of methoxy groups -OCH3 is 1. The van der Waals surface area contributed by atoms with Crippen LogP contribution < -0.4 is 10.1 Å². The molecule has 0 aliphatic carbocycles. The van der Waals surface area contributed by atoms with Gasteiger partial charge in [-0.1, -0.05) is 54.2 Å². The number of carbonyl (C=O) groups excluding carboxylic acids is 1. The SMILES string of the molecule is COc1ccc(C(CC(=O)NCc2cn3c(n2)SCC3)c2ccccc2)cc1. The molecule has 2 heterocycles. The standard InChI is InChI=1S/C22H23N3O2S/c1-27-19-9-7-17(8-10-19)20(16-5-3-2-4-6-16)13-21(26)23-14-18-15-25-11-12-28-22(25)24-18/h2-10,15,20H,11-14H2,1H3,(H,23,26). The second-order valence-corrected chi connectivity index (χ2v) is 7.84. The molecule has 5 nitrogen and oxygen atoms in total. The number of benzene rings is 2. The zero-order chi connectivity index (χ0) is 19.3. The van der Waals surface area contributed by atoms with Gasteiger partial charge in [0.15, 0.2) is 5.16 Å². The number of aryl methyl sites for hydroxylation is 1. The van der Waals surface area contributed by atoms with Crippen molar-refractivity contribution < 1.29 is 9.53 Å². The number of imidazole rings is 1. The summed E-state index contributed by atoms with van der Waals surface area (Å²) in [5, 5.41) is 4.08. The van der Waals surface area contributed by atoms with Gasteiger partial charge >= 0.3 is 0 Å². The molecule has 1 N–H and O–H groups in total. The van der Waals surface area contributed by atoms with Crippen LogP contribution in [0.25, 0.3) is 0 Å². The predicted octanol–water partition coefficient (Wildman–Crippen LogP) is 3.84. The van der Waals surface area contributed by atoms with Crippen molar-refractivity contribution in [3.05, 3.63) is 77.6 Å². The molecule has 1 unspecified atom stereocenters. The molecule has 1 atom stereocenters. The Bertz CT molecular complexity index is 917. The molecule has 0 fully saturated rings. The van der Waals surface area contributed by atoms with Gasteiger partial charge in [-0.2, -0.15) is 0 Å². The van der Waals surface area contributed by atoms with E-state index in [0.29, 0.717) is 13.0 Å². The highest BCUT2D eigenvalue weighted by molar-refractivity contribution is 7.99. The van der Waals surface area contributed by atoms with Gasteiger partial charge in [-0.3, -0.25) is 4.79 Å². The van der Waals surface area contributed by atoms with Crippen molar-refractivity contribution in [2.24, 2.45) is 0 Å². The number of aromatic nitrogens is 2. The van der Waals surface area contributed by atoms with Crippen LogP contribution in [-0.4, -0.2) is 28.3 Å². The second kappa shape index (κ2) is 8.52. The van der Waals surface area contributed by atoms with Crippen LogP contribution in [-0.2, 0) is 17.9 Å². The van der Waals surface area contributed by atoms with Gasteiger partial charge < -0.3 is 14.6 Å². The number of hydrogen-bond donors (Lipinski definition) is 1. The van der Waals surface area contributed by atoms with Crippen LogP contribution in [0.15, 0.2) is 66.0 Å². The number of nitrogens with zero attached hydrogens (tertiary/aromatic N) is 2. The normalized spacial score (nSPS) is 13.8. The van der Waals surface area contributed by atoms with Gasteiger partial charge in [0.2, 0.25) is 5.91 Å².